The number of pyridine rings is 1. The summed E-state index contributed by atoms with van der Waals surface area (Å²) in [7, 11) is -3.59. The van der Waals surface area contributed by atoms with Crippen LogP contribution < -0.4 is 0 Å². The number of amides is 1. The molecule has 2 aromatic rings. The van der Waals surface area contributed by atoms with Crippen molar-refractivity contribution in [3.63, 3.8) is 0 Å². The molecule has 7 nitrogen and oxygen atoms in total. The minimum Gasteiger partial charge on any atom is -0.345 e. The maximum absolute atomic E-state index is 13.0. The molecule has 2 fully saturated rings. The summed E-state index contributed by atoms with van der Waals surface area (Å²) in [5.41, 5.74) is 0.566. The minimum absolute atomic E-state index is 0.142. The third-order valence-corrected chi connectivity index (χ3v) is 7.22. The first-order valence-corrected chi connectivity index (χ1v) is 10.2. The number of hydrogen-bond donors (Lipinski definition) is 1. The second kappa shape index (κ2) is 6.42. The zero-order valence-corrected chi connectivity index (χ0v) is 14.8. The van der Waals surface area contributed by atoms with Crippen molar-refractivity contribution >= 4 is 27.0 Å². The summed E-state index contributed by atoms with van der Waals surface area (Å²) in [6, 6.07) is 3.49. The number of nitrogens with zero attached hydrogens (tertiary/aromatic N) is 3. The van der Waals surface area contributed by atoms with Gasteiger partial charge in [-0.15, -0.1) is 0 Å². The molecule has 1 N–H and O–H groups in total. The molecule has 1 aliphatic carbocycles. The highest BCUT2D eigenvalue weighted by atomic mass is 32.2. The molecule has 4 rings (SSSR count). The van der Waals surface area contributed by atoms with E-state index in [0.29, 0.717) is 37.2 Å². The van der Waals surface area contributed by atoms with Crippen LogP contribution in [0.15, 0.2) is 29.4 Å². The van der Waals surface area contributed by atoms with Crippen LogP contribution in [-0.4, -0.2) is 59.7 Å². The van der Waals surface area contributed by atoms with Crippen molar-refractivity contribution in [3.05, 3.63) is 24.5 Å². The normalized spacial score (nSPS) is 20.4. The van der Waals surface area contributed by atoms with Gasteiger partial charge < -0.3 is 9.88 Å². The van der Waals surface area contributed by atoms with E-state index < -0.39 is 10.0 Å². The summed E-state index contributed by atoms with van der Waals surface area (Å²) in [5.74, 6) is 0.341. The van der Waals surface area contributed by atoms with Gasteiger partial charge in [-0.1, -0.05) is 12.8 Å². The minimum atomic E-state index is -3.59. The number of carbonyl (C=O) groups is 1. The SMILES string of the molecule is O=C(C1CCCC1)N1CCN(S(=O)(=O)c2c[nH]c3ncccc23)CC1. The van der Waals surface area contributed by atoms with E-state index in [1.165, 1.54) is 10.5 Å². The van der Waals surface area contributed by atoms with E-state index in [2.05, 4.69) is 9.97 Å². The summed E-state index contributed by atoms with van der Waals surface area (Å²) in [6.07, 6.45) is 7.32. The molecule has 1 amide bonds. The molecule has 1 aliphatic heterocycles. The van der Waals surface area contributed by atoms with Crippen LogP contribution in [0.25, 0.3) is 11.0 Å². The number of carbonyl (C=O) groups excluding carboxylic acids is 1. The smallest absolute Gasteiger partial charge is 0.245 e. The van der Waals surface area contributed by atoms with Gasteiger partial charge in [-0.2, -0.15) is 4.31 Å². The molecule has 1 saturated heterocycles. The Hall–Kier alpha value is -1.93. The molecule has 25 heavy (non-hydrogen) atoms. The molecule has 0 unspecified atom stereocenters. The van der Waals surface area contributed by atoms with Crippen LogP contribution >= 0.6 is 0 Å². The van der Waals surface area contributed by atoms with E-state index in [1.807, 2.05) is 4.90 Å². The topological polar surface area (TPSA) is 86.4 Å². The molecule has 0 aromatic carbocycles. The number of rotatable bonds is 3. The molecule has 2 aliphatic rings. The fourth-order valence-corrected chi connectivity index (χ4v) is 5.44. The van der Waals surface area contributed by atoms with Crippen molar-refractivity contribution in [3.8, 4) is 0 Å². The maximum atomic E-state index is 13.0. The van der Waals surface area contributed by atoms with Crippen molar-refractivity contribution in [2.24, 2.45) is 5.92 Å². The zero-order chi connectivity index (χ0) is 17.4. The van der Waals surface area contributed by atoms with Gasteiger partial charge >= 0.3 is 0 Å². The lowest BCUT2D eigenvalue weighted by Crippen LogP contribution is -2.51. The number of piperazine rings is 1. The van der Waals surface area contributed by atoms with Gasteiger partial charge in [0.1, 0.15) is 10.5 Å². The van der Waals surface area contributed by atoms with Crippen molar-refractivity contribution < 1.29 is 13.2 Å². The first-order chi connectivity index (χ1) is 12.1. The van der Waals surface area contributed by atoms with E-state index in [-0.39, 0.29) is 16.7 Å². The first kappa shape index (κ1) is 16.5. The Kier molecular flexibility index (Phi) is 4.24. The van der Waals surface area contributed by atoms with E-state index in [4.69, 9.17) is 0 Å². The van der Waals surface area contributed by atoms with Crippen LogP contribution in [0.1, 0.15) is 25.7 Å². The average molecular weight is 362 g/mol. The Morgan fingerprint density at radius 1 is 1.16 bits per heavy atom. The van der Waals surface area contributed by atoms with E-state index >= 15 is 0 Å². The van der Waals surface area contributed by atoms with Crippen LogP contribution in [0.3, 0.4) is 0 Å². The second-order valence-electron chi connectivity index (χ2n) is 6.76. The molecule has 0 spiro atoms. The number of H-pyrrole nitrogens is 1. The third kappa shape index (κ3) is 2.93. The first-order valence-electron chi connectivity index (χ1n) is 8.78. The number of aromatic amines is 1. The van der Waals surface area contributed by atoms with Gasteiger partial charge in [-0.3, -0.25) is 4.79 Å². The summed E-state index contributed by atoms with van der Waals surface area (Å²) in [5, 5.41) is 0.604. The van der Waals surface area contributed by atoms with Crippen LogP contribution in [0, 0.1) is 5.92 Å². The van der Waals surface area contributed by atoms with Crippen LogP contribution in [0.5, 0.6) is 0 Å². The van der Waals surface area contributed by atoms with Gasteiger partial charge in [0.15, 0.2) is 0 Å². The summed E-state index contributed by atoms with van der Waals surface area (Å²) in [4.78, 5) is 21.7. The Labute approximate surface area is 147 Å². The maximum Gasteiger partial charge on any atom is 0.245 e. The second-order valence-corrected chi connectivity index (χ2v) is 8.67. The van der Waals surface area contributed by atoms with Crippen LogP contribution in [-0.2, 0) is 14.8 Å². The highest BCUT2D eigenvalue weighted by molar-refractivity contribution is 7.89. The van der Waals surface area contributed by atoms with Gasteiger partial charge in [-0.05, 0) is 25.0 Å². The van der Waals surface area contributed by atoms with E-state index in [9.17, 15) is 13.2 Å². The number of hydrogen-bond acceptors (Lipinski definition) is 4. The Morgan fingerprint density at radius 3 is 2.60 bits per heavy atom. The zero-order valence-electron chi connectivity index (χ0n) is 14.0. The third-order valence-electron chi connectivity index (χ3n) is 5.29. The number of fused-ring (bicyclic) bond motifs is 1. The molecule has 2 aromatic heterocycles. The Bertz CT molecular complexity index is 878. The lowest BCUT2D eigenvalue weighted by atomic mass is 10.1. The molecule has 0 atom stereocenters. The monoisotopic (exact) mass is 362 g/mol. The fraction of sp³-hybridized carbons (Fsp3) is 0.529. The largest absolute Gasteiger partial charge is 0.345 e. The van der Waals surface area contributed by atoms with Crippen molar-refractivity contribution in [1.82, 2.24) is 19.2 Å². The van der Waals surface area contributed by atoms with Gasteiger partial charge in [0.2, 0.25) is 15.9 Å². The number of nitrogens with one attached hydrogen (secondary N) is 1. The molecule has 8 heteroatoms. The lowest BCUT2D eigenvalue weighted by molar-refractivity contribution is -0.136. The molecular weight excluding hydrogens is 340 g/mol. The predicted molar refractivity (Wildman–Crippen MR) is 93.4 cm³/mol. The summed E-state index contributed by atoms with van der Waals surface area (Å²) < 4.78 is 27.4. The van der Waals surface area contributed by atoms with Crippen LogP contribution in [0.4, 0.5) is 0 Å². The predicted octanol–water partition coefficient (Wildman–Crippen LogP) is 1.59. The molecular formula is C17H22N4O3S. The van der Waals surface area contributed by atoms with Gasteiger partial charge in [0.25, 0.3) is 0 Å². The summed E-state index contributed by atoms with van der Waals surface area (Å²) >= 11 is 0. The molecule has 0 bridgehead atoms. The highest BCUT2D eigenvalue weighted by Crippen LogP contribution is 2.28. The molecule has 3 heterocycles. The Balaban J connectivity index is 1.49. The summed E-state index contributed by atoms with van der Waals surface area (Å²) in [6.45, 7) is 1.62. The van der Waals surface area contributed by atoms with Crippen molar-refractivity contribution in [2.75, 3.05) is 26.2 Å². The standard InChI is InChI=1S/C17H22N4O3S/c22-17(13-4-1-2-5-13)20-8-10-21(11-9-20)25(23,24)15-12-19-16-14(15)6-3-7-18-16/h3,6-7,12-13H,1-2,4-5,8-11H2,(H,18,19). The molecule has 1 saturated carbocycles. The lowest BCUT2D eigenvalue weighted by Gasteiger charge is -2.35. The molecule has 134 valence electrons. The quantitative estimate of drug-likeness (QED) is 0.898. The highest BCUT2D eigenvalue weighted by Gasteiger charge is 2.34. The van der Waals surface area contributed by atoms with Gasteiger partial charge in [0.05, 0.1) is 0 Å². The average Bonchev–Trinajstić information content (AvgIpc) is 3.31. The van der Waals surface area contributed by atoms with Gasteiger partial charge in [0, 0.05) is 49.9 Å². The van der Waals surface area contributed by atoms with Crippen molar-refractivity contribution in [1.29, 1.82) is 0 Å². The molecule has 0 radical (unpaired) electrons. The number of sulfonamides is 1. The van der Waals surface area contributed by atoms with Gasteiger partial charge in [-0.25, -0.2) is 13.4 Å². The number of aromatic nitrogens is 2. The van der Waals surface area contributed by atoms with E-state index in [1.54, 1.807) is 18.3 Å². The van der Waals surface area contributed by atoms with Crippen molar-refractivity contribution in [2.45, 2.75) is 30.6 Å². The fourth-order valence-electron chi connectivity index (χ4n) is 3.86. The van der Waals surface area contributed by atoms with Crippen LogP contribution in [0.2, 0.25) is 0 Å². The van der Waals surface area contributed by atoms with E-state index in [0.717, 1.165) is 25.7 Å². The Morgan fingerprint density at radius 2 is 1.88 bits per heavy atom.